The molecule has 5 heteroatoms. The topological polar surface area (TPSA) is 43.4 Å². The van der Waals surface area contributed by atoms with E-state index in [0.29, 0.717) is 12.6 Å². The highest BCUT2D eigenvalue weighted by Crippen LogP contribution is 2.26. The van der Waals surface area contributed by atoms with Gasteiger partial charge in [0.05, 0.1) is 19.1 Å². The molecule has 0 N–H and O–H groups in total. The van der Waals surface area contributed by atoms with Gasteiger partial charge in [-0.2, -0.15) is 0 Å². The van der Waals surface area contributed by atoms with E-state index in [1.165, 1.54) is 16.8 Å². The Labute approximate surface area is 147 Å². The predicted octanol–water partition coefficient (Wildman–Crippen LogP) is 3.64. The number of fused-ring (bicyclic) bond motifs is 1. The second kappa shape index (κ2) is 7.68. The smallest absolute Gasteiger partial charge is 0.0947 e. The minimum atomic E-state index is 0.447. The van der Waals surface area contributed by atoms with Gasteiger partial charge in [-0.1, -0.05) is 0 Å². The first-order valence-electron chi connectivity index (χ1n) is 8.74. The summed E-state index contributed by atoms with van der Waals surface area (Å²) in [6, 6.07) is 10.8. The Hall–Kier alpha value is -2.37. The van der Waals surface area contributed by atoms with Gasteiger partial charge in [-0.15, -0.1) is 0 Å². The Balaban J connectivity index is 1.33. The number of furan rings is 1. The average Bonchev–Trinajstić information content (AvgIpc) is 3.31. The van der Waals surface area contributed by atoms with Crippen LogP contribution in [-0.4, -0.2) is 27.6 Å². The van der Waals surface area contributed by atoms with Crippen molar-refractivity contribution >= 4 is 0 Å². The summed E-state index contributed by atoms with van der Waals surface area (Å²) >= 11 is 0. The summed E-state index contributed by atoms with van der Waals surface area (Å²) in [7, 11) is 0. The van der Waals surface area contributed by atoms with E-state index in [4.69, 9.17) is 9.15 Å². The van der Waals surface area contributed by atoms with Gasteiger partial charge in [0.25, 0.3) is 0 Å². The Morgan fingerprint density at radius 1 is 1.16 bits per heavy atom. The second-order valence-corrected chi connectivity index (χ2v) is 6.56. The van der Waals surface area contributed by atoms with E-state index >= 15 is 0 Å². The van der Waals surface area contributed by atoms with Crippen LogP contribution in [0.4, 0.5) is 0 Å². The molecule has 0 aromatic carbocycles. The lowest BCUT2D eigenvalue weighted by atomic mass is 10.1. The van der Waals surface area contributed by atoms with Crippen molar-refractivity contribution in [3.63, 3.8) is 0 Å². The van der Waals surface area contributed by atoms with Crippen LogP contribution in [0.1, 0.15) is 29.3 Å². The largest absolute Gasteiger partial charge is 0.472 e. The highest BCUT2D eigenvalue weighted by atomic mass is 16.5. The number of hydrogen-bond acceptors (Lipinski definition) is 4. The normalized spacial score (nSPS) is 17.5. The molecular formula is C20H23N3O2. The van der Waals surface area contributed by atoms with E-state index in [9.17, 15) is 0 Å². The van der Waals surface area contributed by atoms with Crippen molar-refractivity contribution in [2.45, 2.75) is 32.2 Å². The van der Waals surface area contributed by atoms with Crippen molar-refractivity contribution in [3.05, 3.63) is 78.3 Å². The van der Waals surface area contributed by atoms with Crippen LogP contribution >= 0.6 is 0 Å². The lowest BCUT2D eigenvalue weighted by Gasteiger charge is -2.35. The Morgan fingerprint density at radius 3 is 2.92 bits per heavy atom. The van der Waals surface area contributed by atoms with E-state index < -0.39 is 0 Å². The highest BCUT2D eigenvalue weighted by molar-refractivity contribution is 5.13. The van der Waals surface area contributed by atoms with Crippen LogP contribution in [-0.2, 0) is 24.4 Å². The molecule has 3 aromatic heterocycles. The fourth-order valence-corrected chi connectivity index (χ4v) is 3.48. The third-order valence-electron chi connectivity index (χ3n) is 4.71. The number of pyridine rings is 1. The number of rotatable bonds is 7. The molecule has 25 heavy (non-hydrogen) atoms. The van der Waals surface area contributed by atoms with Crippen LogP contribution < -0.4 is 0 Å². The van der Waals surface area contributed by atoms with Crippen LogP contribution in [0.5, 0.6) is 0 Å². The molecule has 0 aliphatic carbocycles. The summed E-state index contributed by atoms with van der Waals surface area (Å²) in [5.41, 5.74) is 3.77. The van der Waals surface area contributed by atoms with E-state index in [-0.39, 0.29) is 0 Å². The molecule has 0 radical (unpaired) electrons. The summed E-state index contributed by atoms with van der Waals surface area (Å²) in [6.45, 7) is 4.34. The molecule has 1 atom stereocenters. The molecule has 0 bridgehead atoms. The Bertz CT molecular complexity index is 767. The Morgan fingerprint density at radius 2 is 2.08 bits per heavy atom. The standard InChI is InChI=1S/C20H23N3O2/c1-2-19-13-22(12-18-5-10-24-16-18)14-20(23(19)9-1)6-11-25-15-17-3-7-21-8-4-17/h1-5,7-10,16,20H,6,11-15H2/t20-/m1/s1. The van der Waals surface area contributed by atoms with E-state index in [1.54, 1.807) is 18.7 Å². The molecule has 0 spiro atoms. The fraction of sp³-hybridized carbons (Fsp3) is 0.350. The maximum Gasteiger partial charge on any atom is 0.0947 e. The van der Waals surface area contributed by atoms with Crippen molar-refractivity contribution in [2.24, 2.45) is 0 Å². The fourth-order valence-electron chi connectivity index (χ4n) is 3.48. The molecule has 3 aromatic rings. The minimum absolute atomic E-state index is 0.447. The monoisotopic (exact) mass is 337 g/mol. The number of nitrogens with zero attached hydrogens (tertiary/aromatic N) is 3. The molecule has 0 saturated carbocycles. The van der Waals surface area contributed by atoms with Gasteiger partial charge < -0.3 is 13.7 Å². The summed E-state index contributed by atoms with van der Waals surface area (Å²) in [6.07, 6.45) is 10.4. The molecule has 0 amide bonds. The van der Waals surface area contributed by atoms with E-state index in [2.05, 4.69) is 32.8 Å². The summed E-state index contributed by atoms with van der Waals surface area (Å²) < 4.78 is 13.5. The molecule has 0 saturated heterocycles. The predicted molar refractivity (Wildman–Crippen MR) is 94.8 cm³/mol. The third kappa shape index (κ3) is 4.00. The van der Waals surface area contributed by atoms with Crippen LogP contribution in [0.25, 0.3) is 0 Å². The maximum atomic E-state index is 5.88. The average molecular weight is 337 g/mol. The number of aromatic nitrogens is 2. The second-order valence-electron chi connectivity index (χ2n) is 6.56. The van der Waals surface area contributed by atoms with Gasteiger partial charge in [0, 0.05) is 62.1 Å². The van der Waals surface area contributed by atoms with E-state index in [1.807, 2.05) is 24.5 Å². The van der Waals surface area contributed by atoms with Gasteiger partial charge in [0.1, 0.15) is 0 Å². The van der Waals surface area contributed by atoms with Crippen molar-refractivity contribution < 1.29 is 9.15 Å². The first-order valence-corrected chi connectivity index (χ1v) is 8.74. The van der Waals surface area contributed by atoms with Gasteiger partial charge in [-0.3, -0.25) is 9.88 Å². The maximum absolute atomic E-state index is 5.88. The molecule has 1 aliphatic heterocycles. The van der Waals surface area contributed by atoms with Gasteiger partial charge in [0.15, 0.2) is 0 Å². The van der Waals surface area contributed by atoms with E-state index in [0.717, 1.165) is 32.7 Å². The zero-order valence-corrected chi connectivity index (χ0v) is 14.3. The minimum Gasteiger partial charge on any atom is -0.472 e. The van der Waals surface area contributed by atoms with Crippen molar-refractivity contribution in [1.82, 2.24) is 14.5 Å². The summed E-state index contributed by atoms with van der Waals surface area (Å²) in [5.74, 6) is 0. The quantitative estimate of drug-likeness (QED) is 0.617. The Kier molecular flexibility index (Phi) is 4.95. The summed E-state index contributed by atoms with van der Waals surface area (Å²) in [4.78, 5) is 6.51. The van der Waals surface area contributed by atoms with Gasteiger partial charge in [0.2, 0.25) is 0 Å². The zero-order valence-electron chi connectivity index (χ0n) is 14.3. The summed E-state index contributed by atoms with van der Waals surface area (Å²) in [5, 5.41) is 0. The van der Waals surface area contributed by atoms with Crippen LogP contribution in [0, 0.1) is 0 Å². The molecular weight excluding hydrogens is 314 g/mol. The number of hydrogen-bond donors (Lipinski definition) is 0. The molecule has 5 nitrogen and oxygen atoms in total. The molecule has 130 valence electrons. The van der Waals surface area contributed by atoms with Crippen LogP contribution in [0.2, 0.25) is 0 Å². The molecule has 4 heterocycles. The SMILES string of the molecule is c1cc2n(c1)[C@H](CCOCc1ccncc1)CN(Cc1ccoc1)C2. The zero-order chi connectivity index (χ0) is 16.9. The lowest BCUT2D eigenvalue weighted by Crippen LogP contribution is -2.36. The molecule has 1 aliphatic rings. The first-order chi connectivity index (χ1) is 12.4. The first kappa shape index (κ1) is 16.1. The van der Waals surface area contributed by atoms with Crippen LogP contribution in [0.15, 0.2) is 65.9 Å². The molecule has 4 rings (SSSR count). The number of ether oxygens (including phenoxy) is 1. The molecule has 0 unspecified atom stereocenters. The van der Waals surface area contributed by atoms with Crippen molar-refractivity contribution in [2.75, 3.05) is 13.2 Å². The van der Waals surface area contributed by atoms with Crippen LogP contribution in [0.3, 0.4) is 0 Å². The third-order valence-corrected chi connectivity index (χ3v) is 4.71. The van der Waals surface area contributed by atoms with Gasteiger partial charge in [-0.05, 0) is 42.3 Å². The van der Waals surface area contributed by atoms with Crippen molar-refractivity contribution in [1.29, 1.82) is 0 Å². The van der Waals surface area contributed by atoms with Gasteiger partial charge in [-0.25, -0.2) is 0 Å². The van der Waals surface area contributed by atoms with Gasteiger partial charge >= 0.3 is 0 Å². The lowest BCUT2D eigenvalue weighted by molar-refractivity contribution is 0.0910. The highest BCUT2D eigenvalue weighted by Gasteiger charge is 2.24. The molecule has 0 fully saturated rings. The van der Waals surface area contributed by atoms with Crippen molar-refractivity contribution in [3.8, 4) is 0 Å².